The second kappa shape index (κ2) is 11.3. The van der Waals surface area contributed by atoms with Crippen LogP contribution in [-0.4, -0.2) is 89.3 Å². The average molecular weight is 437 g/mol. The molecule has 8 nitrogen and oxygen atoms in total. The number of carbonyl (C=O) groups excluding carboxylic acids is 2. The molecule has 0 saturated carbocycles. The summed E-state index contributed by atoms with van der Waals surface area (Å²) < 4.78 is 10.6. The van der Waals surface area contributed by atoms with Gasteiger partial charge in [-0.2, -0.15) is 0 Å². The largest absolute Gasteiger partial charge is 0.493 e. The van der Waals surface area contributed by atoms with Gasteiger partial charge in [-0.3, -0.25) is 9.59 Å². The minimum atomic E-state index is -0.210. The molecule has 1 fully saturated rings. The zero-order valence-corrected chi connectivity index (χ0v) is 20.0. The average Bonchev–Trinajstić information content (AvgIpc) is 2.71. The first-order chi connectivity index (χ1) is 14.6. The van der Waals surface area contributed by atoms with Crippen molar-refractivity contribution in [1.82, 2.24) is 10.2 Å². The molecule has 0 radical (unpaired) electrons. The number of rotatable bonds is 9. The Morgan fingerprint density at radius 3 is 2.35 bits per heavy atom. The molecule has 0 spiro atoms. The Hall–Kier alpha value is -2.32. The normalized spacial score (nSPS) is 16.0. The van der Waals surface area contributed by atoms with Crippen molar-refractivity contribution in [3.63, 3.8) is 0 Å². The number of methoxy groups -OCH3 is 2. The number of carbonyl (C=O) groups is 2. The molecule has 2 amide bonds. The number of nitrogens with one attached hydrogen (secondary N) is 3. The summed E-state index contributed by atoms with van der Waals surface area (Å²) in [4.78, 5) is 29.2. The predicted molar refractivity (Wildman–Crippen MR) is 120 cm³/mol. The van der Waals surface area contributed by atoms with Crippen LogP contribution < -0.4 is 24.6 Å². The Bertz CT molecular complexity index is 740. The van der Waals surface area contributed by atoms with Gasteiger partial charge in [-0.15, -0.1) is 0 Å². The maximum absolute atomic E-state index is 12.7. The number of ether oxygens (including phenoxy) is 2. The van der Waals surface area contributed by atoms with E-state index in [0.717, 1.165) is 43.1 Å². The molecule has 1 heterocycles. The molecule has 1 aliphatic heterocycles. The Kier molecular flexibility index (Phi) is 9.13. The van der Waals surface area contributed by atoms with Gasteiger partial charge in [-0.25, -0.2) is 0 Å². The van der Waals surface area contributed by atoms with Gasteiger partial charge in [0, 0.05) is 12.0 Å². The zero-order valence-electron chi connectivity index (χ0n) is 20.0. The summed E-state index contributed by atoms with van der Waals surface area (Å²) in [6.45, 7) is 10.8. The van der Waals surface area contributed by atoms with Crippen molar-refractivity contribution in [3.05, 3.63) is 23.8 Å². The Labute approximate surface area is 186 Å². The molecule has 2 rings (SSSR count). The quantitative estimate of drug-likeness (QED) is 0.436. The fraction of sp³-hybridized carbons (Fsp3) is 0.652. The summed E-state index contributed by atoms with van der Waals surface area (Å²) in [5.74, 6) is 1.70. The van der Waals surface area contributed by atoms with Gasteiger partial charge in [-0.05, 0) is 38.5 Å². The van der Waals surface area contributed by atoms with Crippen LogP contribution >= 0.6 is 0 Å². The molecular weight excluding hydrogens is 396 g/mol. The van der Waals surface area contributed by atoms with E-state index >= 15 is 0 Å². The lowest BCUT2D eigenvalue weighted by molar-refractivity contribution is -0.896. The molecule has 1 atom stereocenters. The molecule has 1 aromatic rings. The molecule has 3 N–H and O–H groups in total. The molecule has 1 aliphatic rings. The van der Waals surface area contributed by atoms with E-state index in [9.17, 15) is 9.59 Å². The number of hydrogen-bond acceptors (Lipinski definition) is 4. The number of piperazine rings is 1. The van der Waals surface area contributed by atoms with Crippen LogP contribution in [0.5, 0.6) is 11.5 Å². The van der Waals surface area contributed by atoms with Gasteiger partial charge < -0.3 is 29.5 Å². The van der Waals surface area contributed by atoms with Crippen molar-refractivity contribution in [3.8, 4) is 11.5 Å². The highest BCUT2D eigenvalue weighted by atomic mass is 16.5. The molecule has 0 aromatic heterocycles. The highest BCUT2D eigenvalue weighted by Crippen LogP contribution is 2.27. The van der Waals surface area contributed by atoms with Crippen LogP contribution in [-0.2, 0) is 16.0 Å². The fourth-order valence-corrected chi connectivity index (χ4v) is 3.79. The topological polar surface area (TPSA) is 76.8 Å². The van der Waals surface area contributed by atoms with Gasteiger partial charge in [0.25, 0.3) is 11.8 Å². The molecule has 174 valence electrons. The molecule has 1 unspecified atom stereocenters. The lowest BCUT2D eigenvalue weighted by atomic mass is 10.1. The molecule has 8 heteroatoms. The van der Waals surface area contributed by atoms with Crippen LogP contribution in [0.1, 0.15) is 26.3 Å². The number of likely N-dealkylation sites (N-methyl/N-ethyl adjacent to an activating group) is 1. The highest BCUT2D eigenvalue weighted by Gasteiger charge is 2.27. The minimum absolute atomic E-state index is 0.0709. The summed E-state index contributed by atoms with van der Waals surface area (Å²) in [5, 5.41) is 3.01. The van der Waals surface area contributed by atoms with Crippen molar-refractivity contribution in [2.24, 2.45) is 0 Å². The van der Waals surface area contributed by atoms with Crippen molar-refractivity contribution >= 4 is 11.8 Å². The molecular formula is C23H40N4O4+2. The van der Waals surface area contributed by atoms with Crippen molar-refractivity contribution in [2.45, 2.75) is 32.7 Å². The van der Waals surface area contributed by atoms with E-state index < -0.39 is 0 Å². The number of quaternary nitrogens is 2. The first-order valence-corrected chi connectivity index (χ1v) is 11.1. The summed E-state index contributed by atoms with van der Waals surface area (Å²) in [7, 11) is 5.32. The smallest absolute Gasteiger partial charge is 0.278 e. The van der Waals surface area contributed by atoms with Crippen LogP contribution in [0.15, 0.2) is 18.2 Å². The van der Waals surface area contributed by atoms with Crippen LogP contribution in [0.25, 0.3) is 0 Å². The summed E-state index contributed by atoms with van der Waals surface area (Å²) in [6, 6.07) is 5.94. The lowest BCUT2D eigenvalue weighted by Crippen LogP contribution is -3.16. The van der Waals surface area contributed by atoms with Gasteiger partial charge in [0.2, 0.25) is 0 Å². The highest BCUT2D eigenvalue weighted by molar-refractivity contribution is 5.78. The van der Waals surface area contributed by atoms with Crippen molar-refractivity contribution in [2.75, 3.05) is 67.1 Å². The predicted octanol–water partition coefficient (Wildman–Crippen LogP) is -1.60. The molecule has 1 saturated heterocycles. The summed E-state index contributed by atoms with van der Waals surface area (Å²) >= 11 is 0. The standard InChI is InChI=1S/C23H38N4O4/c1-23(2,3)24-21(28)16-26-11-13-27(14-12-26)22(29)17-25(4)10-9-18-7-8-19(30-5)20(15-18)31-6/h7-8,15H,9-14,16-17H2,1-6H3,(H,24,28)/p+2. The first kappa shape index (κ1) is 24.9. The first-order valence-electron chi connectivity index (χ1n) is 11.1. The Morgan fingerprint density at radius 2 is 1.77 bits per heavy atom. The monoisotopic (exact) mass is 436 g/mol. The molecule has 31 heavy (non-hydrogen) atoms. The third kappa shape index (κ3) is 8.38. The van der Waals surface area contributed by atoms with Gasteiger partial charge in [0.15, 0.2) is 24.6 Å². The van der Waals surface area contributed by atoms with Gasteiger partial charge >= 0.3 is 0 Å². The second-order valence-electron chi connectivity index (χ2n) is 9.43. The van der Waals surface area contributed by atoms with E-state index in [-0.39, 0.29) is 17.4 Å². The maximum Gasteiger partial charge on any atom is 0.278 e. The molecule has 1 aromatic carbocycles. The van der Waals surface area contributed by atoms with Gasteiger partial charge in [-0.1, -0.05) is 6.07 Å². The van der Waals surface area contributed by atoms with E-state index in [0.29, 0.717) is 26.2 Å². The van der Waals surface area contributed by atoms with Crippen molar-refractivity contribution < 1.29 is 28.9 Å². The van der Waals surface area contributed by atoms with E-state index in [1.165, 1.54) is 9.80 Å². The summed E-state index contributed by atoms with van der Waals surface area (Å²) in [5.41, 5.74) is 0.953. The molecule has 0 aliphatic carbocycles. The second-order valence-corrected chi connectivity index (χ2v) is 9.43. The Morgan fingerprint density at radius 1 is 1.13 bits per heavy atom. The van der Waals surface area contributed by atoms with Crippen LogP contribution in [0, 0.1) is 0 Å². The number of nitrogens with zero attached hydrogens (tertiary/aromatic N) is 1. The van der Waals surface area contributed by atoms with Gasteiger partial charge in [0.05, 0.1) is 54.0 Å². The maximum atomic E-state index is 12.7. The van der Waals surface area contributed by atoms with E-state index in [1.54, 1.807) is 14.2 Å². The van der Waals surface area contributed by atoms with Crippen molar-refractivity contribution in [1.29, 1.82) is 0 Å². The van der Waals surface area contributed by atoms with E-state index in [2.05, 4.69) is 12.4 Å². The zero-order chi connectivity index (χ0) is 23.0. The SMILES string of the molecule is COc1ccc(CC[NH+](C)CC(=O)N2CC[NH+](CC(=O)NC(C)(C)C)CC2)cc1OC. The van der Waals surface area contributed by atoms with Crippen LogP contribution in [0.4, 0.5) is 0 Å². The molecule has 0 bridgehead atoms. The fourth-order valence-electron chi connectivity index (χ4n) is 3.79. The number of amides is 2. The third-order valence-corrected chi connectivity index (χ3v) is 5.49. The van der Waals surface area contributed by atoms with Gasteiger partial charge in [0.1, 0.15) is 0 Å². The lowest BCUT2D eigenvalue weighted by Gasteiger charge is -2.32. The van der Waals surface area contributed by atoms with E-state index in [1.807, 2.05) is 43.9 Å². The van der Waals surface area contributed by atoms with Crippen LogP contribution in [0.3, 0.4) is 0 Å². The van der Waals surface area contributed by atoms with Crippen LogP contribution in [0.2, 0.25) is 0 Å². The van der Waals surface area contributed by atoms with E-state index in [4.69, 9.17) is 9.47 Å². The Balaban J connectivity index is 1.73. The number of benzene rings is 1. The summed E-state index contributed by atoms with van der Waals surface area (Å²) in [6.07, 6.45) is 0.861. The minimum Gasteiger partial charge on any atom is -0.493 e. The third-order valence-electron chi connectivity index (χ3n) is 5.49. The number of hydrogen-bond donors (Lipinski definition) is 3.